The van der Waals surface area contributed by atoms with Gasteiger partial charge in [0, 0.05) is 51.3 Å². The molecule has 2 unspecified atom stereocenters. The van der Waals surface area contributed by atoms with Crippen LogP contribution >= 0.6 is 0 Å². The van der Waals surface area contributed by atoms with Crippen molar-refractivity contribution in [3.63, 3.8) is 0 Å². The highest BCUT2D eigenvalue weighted by Gasteiger charge is 2.37. The van der Waals surface area contributed by atoms with Crippen LogP contribution in [0, 0.1) is 10.1 Å². The molecule has 0 bridgehead atoms. The first kappa shape index (κ1) is 20.6. The summed E-state index contributed by atoms with van der Waals surface area (Å²) in [6, 6.07) is 4.82. The zero-order valence-electron chi connectivity index (χ0n) is 17.3. The van der Waals surface area contributed by atoms with E-state index in [2.05, 4.69) is 0 Å². The molecule has 1 aromatic rings. The first-order chi connectivity index (χ1) is 14.5. The Balaban J connectivity index is 1.55. The summed E-state index contributed by atoms with van der Waals surface area (Å²) < 4.78 is 5.85. The molecule has 30 heavy (non-hydrogen) atoms. The molecule has 3 aliphatic rings. The summed E-state index contributed by atoms with van der Waals surface area (Å²) in [4.78, 5) is 41.6. The molecule has 0 aromatic heterocycles. The van der Waals surface area contributed by atoms with Crippen LogP contribution in [0.5, 0.6) is 0 Å². The predicted octanol–water partition coefficient (Wildman–Crippen LogP) is 2.05. The molecule has 3 fully saturated rings. The number of ether oxygens (including phenoxy) is 1. The summed E-state index contributed by atoms with van der Waals surface area (Å²) in [7, 11) is 0. The number of carbonyl (C=O) groups excluding carboxylic acids is 2. The minimum atomic E-state index is -0.424. The van der Waals surface area contributed by atoms with Gasteiger partial charge in [-0.05, 0) is 25.0 Å². The van der Waals surface area contributed by atoms with E-state index in [1.54, 1.807) is 17.0 Å². The number of carbonyl (C=O) groups is 2. The Hall–Kier alpha value is -2.68. The molecule has 2 saturated heterocycles. The third kappa shape index (κ3) is 3.98. The van der Waals surface area contributed by atoms with Gasteiger partial charge in [-0.3, -0.25) is 19.7 Å². The van der Waals surface area contributed by atoms with Crippen LogP contribution in [0.15, 0.2) is 18.2 Å². The van der Waals surface area contributed by atoms with E-state index < -0.39 is 4.92 Å². The van der Waals surface area contributed by atoms with Crippen molar-refractivity contribution in [2.24, 2.45) is 0 Å². The molecular formula is C21H28N4O5. The number of anilines is 1. The summed E-state index contributed by atoms with van der Waals surface area (Å²) >= 11 is 0. The Morgan fingerprint density at radius 3 is 2.53 bits per heavy atom. The molecule has 2 atom stereocenters. The zero-order valence-corrected chi connectivity index (χ0v) is 17.3. The number of morpholine rings is 1. The van der Waals surface area contributed by atoms with Crippen LogP contribution in [0.2, 0.25) is 0 Å². The summed E-state index contributed by atoms with van der Waals surface area (Å²) in [5.74, 6) is -0.150. The third-order valence-corrected chi connectivity index (χ3v) is 6.48. The first-order valence-electron chi connectivity index (χ1n) is 10.7. The highest BCUT2D eigenvalue weighted by molar-refractivity contribution is 5.96. The van der Waals surface area contributed by atoms with Crippen molar-refractivity contribution in [1.29, 1.82) is 0 Å². The zero-order chi connectivity index (χ0) is 21.3. The van der Waals surface area contributed by atoms with E-state index in [9.17, 15) is 19.7 Å². The maximum Gasteiger partial charge on any atom is 0.293 e. The molecule has 2 amide bonds. The maximum atomic E-state index is 13.2. The Morgan fingerprint density at radius 1 is 1.10 bits per heavy atom. The standard InChI is InChI=1S/C21H28N4O5/c1-15(26)22-8-10-23(11-9-22)17-7-6-16(14-19(17)25(28)29)21(27)24-12-13-30-20-5-3-2-4-18(20)24/h6-7,14,18,20H,2-5,8-13H2,1H3. The molecular weight excluding hydrogens is 388 g/mol. The largest absolute Gasteiger partial charge is 0.374 e. The van der Waals surface area contributed by atoms with Crippen molar-refractivity contribution in [2.75, 3.05) is 44.2 Å². The Kier molecular flexibility index (Phi) is 5.90. The number of hydrogen-bond donors (Lipinski definition) is 0. The summed E-state index contributed by atoms with van der Waals surface area (Å²) in [6.45, 7) is 4.67. The Morgan fingerprint density at radius 2 is 1.83 bits per heavy atom. The fourth-order valence-electron chi connectivity index (χ4n) is 4.85. The first-order valence-corrected chi connectivity index (χ1v) is 10.7. The van der Waals surface area contributed by atoms with Crippen molar-refractivity contribution in [3.05, 3.63) is 33.9 Å². The summed E-state index contributed by atoms with van der Waals surface area (Å²) in [6.07, 6.45) is 4.12. The van der Waals surface area contributed by atoms with Crippen LogP contribution in [0.4, 0.5) is 11.4 Å². The SMILES string of the molecule is CC(=O)N1CCN(c2ccc(C(=O)N3CCOC4CCCCC43)cc2[N+](=O)[O-])CC1. The number of piperazine rings is 1. The van der Waals surface area contributed by atoms with E-state index >= 15 is 0 Å². The monoisotopic (exact) mass is 416 g/mol. The van der Waals surface area contributed by atoms with Gasteiger partial charge in [-0.1, -0.05) is 12.8 Å². The van der Waals surface area contributed by atoms with Crippen LogP contribution < -0.4 is 4.90 Å². The highest BCUT2D eigenvalue weighted by atomic mass is 16.6. The Labute approximate surface area is 175 Å². The molecule has 162 valence electrons. The molecule has 2 heterocycles. The highest BCUT2D eigenvalue weighted by Crippen LogP contribution is 2.33. The number of hydrogen-bond acceptors (Lipinski definition) is 6. The maximum absolute atomic E-state index is 13.2. The van der Waals surface area contributed by atoms with E-state index in [1.807, 2.05) is 9.80 Å². The lowest BCUT2D eigenvalue weighted by Crippen LogP contribution is -2.54. The lowest BCUT2D eigenvalue weighted by molar-refractivity contribution is -0.384. The van der Waals surface area contributed by atoms with E-state index in [4.69, 9.17) is 4.74 Å². The number of fused-ring (bicyclic) bond motifs is 1. The van der Waals surface area contributed by atoms with Gasteiger partial charge < -0.3 is 19.4 Å². The summed E-state index contributed by atoms with van der Waals surface area (Å²) in [5.41, 5.74) is 0.780. The second-order valence-electron chi connectivity index (χ2n) is 8.21. The normalized spacial score (nSPS) is 24.4. The molecule has 1 saturated carbocycles. The average Bonchev–Trinajstić information content (AvgIpc) is 2.78. The van der Waals surface area contributed by atoms with Gasteiger partial charge in [-0.25, -0.2) is 0 Å². The van der Waals surface area contributed by atoms with Gasteiger partial charge in [-0.2, -0.15) is 0 Å². The van der Waals surface area contributed by atoms with E-state index in [-0.39, 0.29) is 29.6 Å². The molecule has 0 radical (unpaired) electrons. The molecule has 2 aliphatic heterocycles. The molecule has 4 rings (SSSR count). The fraction of sp³-hybridized carbons (Fsp3) is 0.619. The fourth-order valence-corrected chi connectivity index (χ4v) is 4.85. The number of rotatable bonds is 3. The van der Waals surface area contributed by atoms with Gasteiger partial charge in [0.2, 0.25) is 5.91 Å². The van der Waals surface area contributed by atoms with Crippen molar-refractivity contribution in [1.82, 2.24) is 9.80 Å². The molecule has 1 aromatic carbocycles. The molecule has 9 heteroatoms. The summed E-state index contributed by atoms with van der Waals surface area (Å²) in [5, 5.41) is 11.8. The van der Waals surface area contributed by atoms with Gasteiger partial charge in [0.15, 0.2) is 0 Å². The smallest absolute Gasteiger partial charge is 0.293 e. The van der Waals surface area contributed by atoms with Crippen LogP contribution in [0.1, 0.15) is 43.0 Å². The number of nitro groups is 1. The van der Waals surface area contributed by atoms with Crippen molar-refractivity contribution in [2.45, 2.75) is 44.8 Å². The minimum absolute atomic E-state index is 0.0108. The molecule has 0 N–H and O–H groups in total. The third-order valence-electron chi connectivity index (χ3n) is 6.48. The number of nitro benzene ring substituents is 1. The minimum Gasteiger partial charge on any atom is -0.374 e. The second-order valence-corrected chi connectivity index (χ2v) is 8.21. The van der Waals surface area contributed by atoms with Crippen molar-refractivity contribution in [3.8, 4) is 0 Å². The van der Waals surface area contributed by atoms with Crippen LogP contribution in [0.3, 0.4) is 0 Å². The van der Waals surface area contributed by atoms with Gasteiger partial charge in [0.25, 0.3) is 11.6 Å². The predicted molar refractivity (Wildman–Crippen MR) is 111 cm³/mol. The van der Waals surface area contributed by atoms with Crippen molar-refractivity contribution >= 4 is 23.2 Å². The quantitative estimate of drug-likeness (QED) is 0.553. The van der Waals surface area contributed by atoms with Gasteiger partial charge >= 0.3 is 0 Å². The van der Waals surface area contributed by atoms with Crippen LogP contribution in [-0.2, 0) is 9.53 Å². The van der Waals surface area contributed by atoms with Crippen LogP contribution in [-0.4, -0.2) is 78.0 Å². The number of amides is 2. The van der Waals surface area contributed by atoms with E-state index in [0.29, 0.717) is 50.6 Å². The number of benzene rings is 1. The molecule has 9 nitrogen and oxygen atoms in total. The average molecular weight is 416 g/mol. The van der Waals surface area contributed by atoms with Crippen LogP contribution in [0.25, 0.3) is 0 Å². The second kappa shape index (κ2) is 8.59. The molecule has 1 aliphatic carbocycles. The van der Waals surface area contributed by atoms with E-state index in [1.165, 1.54) is 13.0 Å². The van der Waals surface area contributed by atoms with Gasteiger partial charge in [0.1, 0.15) is 5.69 Å². The van der Waals surface area contributed by atoms with Gasteiger partial charge in [0.05, 0.1) is 23.7 Å². The lowest BCUT2D eigenvalue weighted by atomic mass is 9.89. The Bertz CT molecular complexity index is 835. The van der Waals surface area contributed by atoms with Gasteiger partial charge in [-0.15, -0.1) is 0 Å². The number of nitrogens with zero attached hydrogens (tertiary/aromatic N) is 4. The lowest BCUT2D eigenvalue weighted by Gasteiger charge is -2.43. The molecule has 0 spiro atoms. The van der Waals surface area contributed by atoms with E-state index in [0.717, 1.165) is 25.7 Å². The topological polar surface area (TPSA) is 96.2 Å². The van der Waals surface area contributed by atoms with Crippen molar-refractivity contribution < 1.29 is 19.2 Å².